The van der Waals surface area contributed by atoms with E-state index in [1.807, 2.05) is 0 Å². The molecule has 0 aromatic heterocycles. The van der Waals surface area contributed by atoms with Crippen molar-refractivity contribution in [2.45, 2.75) is 71.3 Å². The monoisotopic (exact) mass is 444 g/mol. The first-order valence-corrected chi connectivity index (χ1v) is 10.5. The molecule has 0 aromatic carbocycles. The van der Waals surface area contributed by atoms with Gasteiger partial charge in [-0.15, -0.1) is 0 Å². The molecule has 2 fully saturated rings. The van der Waals surface area contributed by atoms with E-state index in [0.29, 0.717) is 17.1 Å². The average Bonchev–Trinajstić information content (AvgIpc) is 3.00. The number of fused-ring (bicyclic) bond motifs is 1. The third kappa shape index (κ3) is 3.20. The van der Waals surface area contributed by atoms with Crippen LogP contribution in [0.25, 0.3) is 0 Å². The van der Waals surface area contributed by atoms with Crippen molar-refractivity contribution in [2.24, 2.45) is 23.2 Å². The van der Waals surface area contributed by atoms with E-state index in [4.69, 9.17) is 4.74 Å². The molecule has 0 bridgehead atoms. The van der Waals surface area contributed by atoms with Gasteiger partial charge in [0.15, 0.2) is 5.60 Å². The molecule has 2 aliphatic carbocycles. The van der Waals surface area contributed by atoms with Crippen LogP contribution in [0.1, 0.15) is 65.7 Å². The van der Waals surface area contributed by atoms with Crippen molar-refractivity contribution in [3.05, 3.63) is 21.5 Å². The molecule has 24 heavy (non-hydrogen) atoms. The zero-order valence-electron chi connectivity index (χ0n) is 15.0. The summed E-state index contributed by atoms with van der Waals surface area (Å²) in [4.78, 5) is 11.6. The first kappa shape index (κ1) is 18.4. The van der Waals surface area contributed by atoms with Gasteiger partial charge in [-0.2, -0.15) is 0 Å². The van der Waals surface area contributed by atoms with Crippen LogP contribution in [-0.4, -0.2) is 16.7 Å². The lowest BCUT2D eigenvalue weighted by Crippen LogP contribution is -2.35. The quantitative estimate of drug-likeness (QED) is 0.483. The van der Waals surface area contributed by atoms with Gasteiger partial charge in [0.25, 0.3) is 0 Å². The summed E-state index contributed by atoms with van der Waals surface area (Å²) in [5.74, 6) is 2.22. The van der Waals surface area contributed by atoms with Gasteiger partial charge in [0, 0.05) is 6.42 Å². The highest BCUT2D eigenvalue weighted by molar-refractivity contribution is 14.1. The normalized spacial score (nSPS) is 42.0. The fourth-order valence-corrected chi connectivity index (χ4v) is 6.21. The number of aliphatic hydroxyl groups is 1. The third-order valence-corrected chi connectivity index (χ3v) is 7.59. The first-order valence-electron chi connectivity index (χ1n) is 9.23. The van der Waals surface area contributed by atoms with Crippen LogP contribution in [0.3, 0.4) is 0 Å². The fourth-order valence-electron chi connectivity index (χ4n) is 5.46. The minimum absolute atomic E-state index is 0.431. The van der Waals surface area contributed by atoms with Crippen molar-refractivity contribution in [2.75, 3.05) is 0 Å². The Kier molecular flexibility index (Phi) is 5.18. The number of hydrogen-bond donors (Lipinski definition) is 1. The Labute approximate surface area is 159 Å². The summed E-state index contributed by atoms with van der Waals surface area (Å²) in [6, 6.07) is 0. The Bertz CT molecular complexity index is 577. The molecule has 4 heteroatoms. The summed E-state index contributed by atoms with van der Waals surface area (Å²) in [5, 5.41) is 9.90. The van der Waals surface area contributed by atoms with Gasteiger partial charge in [0.1, 0.15) is 5.76 Å². The standard InChI is InChI=1S/C20H29IO3/c1-13(6-7-15-11-20(3,23)18(22)24-15)16-8-9-17-14(12-21)5-4-10-19(16,17)2/h11-13,16-17,23H,4-10H2,1-3H3/t13-,16-,17?,19+,20-/m1/s1. The molecule has 3 nitrogen and oxygen atoms in total. The van der Waals surface area contributed by atoms with Gasteiger partial charge in [-0.3, -0.25) is 0 Å². The van der Waals surface area contributed by atoms with E-state index >= 15 is 0 Å². The largest absolute Gasteiger partial charge is 0.429 e. The second kappa shape index (κ2) is 6.75. The summed E-state index contributed by atoms with van der Waals surface area (Å²) in [5.41, 5.74) is 0.662. The molecule has 5 atom stereocenters. The highest BCUT2D eigenvalue weighted by Crippen LogP contribution is 2.60. The van der Waals surface area contributed by atoms with Gasteiger partial charge in [-0.1, -0.05) is 42.0 Å². The smallest absolute Gasteiger partial charge is 0.347 e. The zero-order chi connectivity index (χ0) is 17.5. The van der Waals surface area contributed by atoms with Crippen molar-refractivity contribution in [1.29, 1.82) is 0 Å². The van der Waals surface area contributed by atoms with Crippen molar-refractivity contribution < 1.29 is 14.6 Å². The molecule has 1 unspecified atom stereocenters. The van der Waals surface area contributed by atoms with E-state index in [2.05, 4.69) is 40.5 Å². The second-order valence-corrected chi connectivity index (χ2v) is 9.07. The van der Waals surface area contributed by atoms with E-state index < -0.39 is 11.6 Å². The maximum Gasteiger partial charge on any atom is 0.347 e. The SMILES string of the molecule is C[C@H](CCC1=C[C@@](C)(O)C(=O)O1)[C@H]1CCC2C(=CI)CCC[C@]21C. The number of cyclic esters (lactones) is 1. The lowest BCUT2D eigenvalue weighted by molar-refractivity contribution is -0.150. The van der Waals surface area contributed by atoms with Gasteiger partial charge in [0.2, 0.25) is 0 Å². The fraction of sp³-hybridized carbons (Fsp3) is 0.750. The Hall–Kier alpha value is -0.360. The summed E-state index contributed by atoms with van der Waals surface area (Å²) in [6.07, 6.45) is 9.92. The van der Waals surface area contributed by atoms with Gasteiger partial charge >= 0.3 is 5.97 Å². The molecule has 0 amide bonds. The lowest BCUT2D eigenvalue weighted by Gasteiger charge is -2.44. The zero-order valence-corrected chi connectivity index (χ0v) is 17.1. The van der Waals surface area contributed by atoms with Crippen molar-refractivity contribution in [1.82, 2.24) is 0 Å². The van der Waals surface area contributed by atoms with Crippen LogP contribution in [0.2, 0.25) is 0 Å². The van der Waals surface area contributed by atoms with Crippen molar-refractivity contribution >= 4 is 28.6 Å². The first-order chi connectivity index (χ1) is 11.3. The number of halogens is 1. The number of carbonyl (C=O) groups is 1. The molecule has 3 aliphatic rings. The predicted octanol–water partition coefficient (Wildman–Crippen LogP) is 5.13. The molecule has 0 spiro atoms. The van der Waals surface area contributed by atoms with Crippen LogP contribution in [-0.2, 0) is 9.53 Å². The number of carbonyl (C=O) groups excluding carboxylic acids is 1. The van der Waals surface area contributed by atoms with Gasteiger partial charge in [0.05, 0.1) is 0 Å². The molecule has 0 aromatic rings. The lowest BCUT2D eigenvalue weighted by atomic mass is 9.61. The van der Waals surface area contributed by atoms with E-state index in [1.54, 1.807) is 11.6 Å². The highest BCUT2D eigenvalue weighted by atomic mass is 127. The van der Waals surface area contributed by atoms with Crippen LogP contribution in [0.15, 0.2) is 21.5 Å². The van der Waals surface area contributed by atoms with Gasteiger partial charge in [-0.05, 0) is 78.8 Å². The molecule has 0 radical (unpaired) electrons. The van der Waals surface area contributed by atoms with Crippen LogP contribution < -0.4 is 0 Å². The van der Waals surface area contributed by atoms with E-state index in [1.165, 1.54) is 39.0 Å². The van der Waals surface area contributed by atoms with Crippen LogP contribution in [0.4, 0.5) is 0 Å². The summed E-state index contributed by atoms with van der Waals surface area (Å²) < 4.78 is 7.55. The summed E-state index contributed by atoms with van der Waals surface area (Å²) in [6.45, 7) is 6.36. The minimum Gasteiger partial charge on any atom is -0.429 e. The summed E-state index contributed by atoms with van der Waals surface area (Å²) in [7, 11) is 0. The predicted molar refractivity (Wildman–Crippen MR) is 103 cm³/mol. The molecule has 1 aliphatic heterocycles. The van der Waals surface area contributed by atoms with Crippen LogP contribution >= 0.6 is 22.6 Å². The molecule has 1 N–H and O–H groups in total. The number of allylic oxidation sites excluding steroid dienone is 2. The number of hydrogen-bond acceptors (Lipinski definition) is 3. The topological polar surface area (TPSA) is 46.5 Å². The van der Waals surface area contributed by atoms with Crippen molar-refractivity contribution in [3.63, 3.8) is 0 Å². The maximum absolute atomic E-state index is 11.6. The third-order valence-electron chi connectivity index (χ3n) is 6.79. The number of rotatable bonds is 4. The molecule has 0 saturated heterocycles. The highest BCUT2D eigenvalue weighted by Gasteiger charge is 2.50. The number of ether oxygens (including phenoxy) is 1. The Morgan fingerprint density at radius 2 is 2.21 bits per heavy atom. The van der Waals surface area contributed by atoms with Gasteiger partial charge in [-0.25, -0.2) is 4.79 Å². The molecule has 134 valence electrons. The molecular formula is C20H29IO3. The molecule has 2 saturated carbocycles. The Balaban J connectivity index is 1.64. The Morgan fingerprint density at radius 1 is 1.46 bits per heavy atom. The Morgan fingerprint density at radius 3 is 2.83 bits per heavy atom. The van der Waals surface area contributed by atoms with Crippen LogP contribution in [0, 0.1) is 23.2 Å². The van der Waals surface area contributed by atoms with Crippen LogP contribution in [0.5, 0.6) is 0 Å². The summed E-state index contributed by atoms with van der Waals surface area (Å²) >= 11 is 2.42. The molecule has 3 rings (SSSR count). The second-order valence-electron chi connectivity index (χ2n) is 8.44. The van der Waals surface area contributed by atoms with E-state index in [9.17, 15) is 9.90 Å². The van der Waals surface area contributed by atoms with Gasteiger partial charge < -0.3 is 9.84 Å². The molecule has 1 heterocycles. The number of esters is 1. The molecular weight excluding hydrogens is 415 g/mol. The average molecular weight is 444 g/mol. The van der Waals surface area contributed by atoms with E-state index in [0.717, 1.165) is 24.7 Å². The minimum atomic E-state index is -1.44. The van der Waals surface area contributed by atoms with Crippen molar-refractivity contribution in [3.8, 4) is 0 Å². The maximum atomic E-state index is 11.6. The van der Waals surface area contributed by atoms with E-state index in [-0.39, 0.29) is 0 Å².